The number of aryl methyl sites for hydroxylation is 1. The molecule has 0 aliphatic rings. The maximum Gasteiger partial charge on any atom is 0.139 e. The van der Waals surface area contributed by atoms with Gasteiger partial charge in [0, 0.05) is 11.6 Å². The topological polar surface area (TPSA) is 36.0 Å². The molecular weight excluding hydrogens is 138 g/mol. The first-order chi connectivity index (χ1) is 5.29. The van der Waals surface area contributed by atoms with E-state index in [1.807, 2.05) is 25.3 Å². The molecule has 0 saturated carbocycles. The van der Waals surface area contributed by atoms with Gasteiger partial charge >= 0.3 is 0 Å². The monoisotopic (exact) mass is 147 g/mol. The van der Waals surface area contributed by atoms with Crippen molar-refractivity contribution in [2.45, 2.75) is 6.92 Å². The van der Waals surface area contributed by atoms with Crippen LogP contribution in [0.15, 0.2) is 24.4 Å². The zero-order valence-electron chi connectivity index (χ0n) is 6.26. The maximum atomic E-state index is 9.35. The Labute approximate surface area is 64.5 Å². The normalized spacial score (nSPS) is 10.6. The minimum atomic E-state index is 0.315. The minimum Gasteiger partial charge on any atom is -0.506 e. The number of hydrogen-bond donors (Lipinski definition) is 2. The number of fused-ring (bicyclic) bond motifs is 1. The fourth-order valence-electron chi connectivity index (χ4n) is 1.29. The molecule has 0 atom stereocenters. The van der Waals surface area contributed by atoms with Crippen molar-refractivity contribution in [3.8, 4) is 5.75 Å². The van der Waals surface area contributed by atoms with Gasteiger partial charge in [-0.15, -0.1) is 0 Å². The number of rotatable bonds is 0. The third-order valence-electron chi connectivity index (χ3n) is 1.92. The lowest BCUT2D eigenvalue weighted by Gasteiger charge is -1.97. The predicted octanol–water partition coefficient (Wildman–Crippen LogP) is 2.18. The number of H-pyrrole nitrogens is 1. The van der Waals surface area contributed by atoms with Crippen LogP contribution in [0.1, 0.15) is 5.56 Å². The van der Waals surface area contributed by atoms with Crippen molar-refractivity contribution < 1.29 is 5.11 Å². The van der Waals surface area contributed by atoms with Crippen molar-refractivity contribution in [2.75, 3.05) is 0 Å². The predicted molar refractivity (Wildman–Crippen MR) is 44.7 cm³/mol. The molecule has 0 unspecified atom stereocenters. The van der Waals surface area contributed by atoms with Crippen LogP contribution in [0.3, 0.4) is 0 Å². The molecule has 2 rings (SSSR count). The molecule has 1 aromatic carbocycles. The van der Waals surface area contributed by atoms with Crippen LogP contribution >= 0.6 is 0 Å². The van der Waals surface area contributed by atoms with Crippen LogP contribution in [0.2, 0.25) is 0 Å². The molecule has 0 aliphatic carbocycles. The Bertz CT molecular complexity index is 353. The summed E-state index contributed by atoms with van der Waals surface area (Å²) >= 11 is 0. The molecule has 0 fully saturated rings. The van der Waals surface area contributed by atoms with Gasteiger partial charge in [0.1, 0.15) is 5.75 Å². The fraction of sp³-hybridized carbons (Fsp3) is 0.111. The molecule has 2 aromatic rings. The number of hydrogen-bond acceptors (Lipinski definition) is 1. The van der Waals surface area contributed by atoms with E-state index in [9.17, 15) is 5.11 Å². The summed E-state index contributed by atoms with van der Waals surface area (Å²) < 4.78 is 0. The molecule has 56 valence electrons. The highest BCUT2D eigenvalue weighted by molar-refractivity contribution is 5.87. The largest absolute Gasteiger partial charge is 0.506 e. The number of nitrogens with one attached hydrogen (secondary N) is 1. The zero-order valence-corrected chi connectivity index (χ0v) is 6.26. The molecule has 1 aromatic heterocycles. The molecule has 2 nitrogen and oxygen atoms in total. The number of benzene rings is 1. The van der Waals surface area contributed by atoms with E-state index >= 15 is 0 Å². The van der Waals surface area contributed by atoms with Gasteiger partial charge in [0.15, 0.2) is 0 Å². The quantitative estimate of drug-likeness (QED) is 0.588. The average molecular weight is 147 g/mol. The first kappa shape index (κ1) is 6.28. The Morgan fingerprint density at radius 3 is 2.82 bits per heavy atom. The van der Waals surface area contributed by atoms with E-state index in [1.54, 1.807) is 6.07 Å². The SMILES string of the molecule is Cc1ccc(O)c2[nH]ccc12. The van der Waals surface area contributed by atoms with E-state index in [4.69, 9.17) is 0 Å². The Balaban J connectivity index is 2.96. The first-order valence-corrected chi connectivity index (χ1v) is 3.54. The summed E-state index contributed by atoms with van der Waals surface area (Å²) in [7, 11) is 0. The summed E-state index contributed by atoms with van der Waals surface area (Å²) in [5, 5.41) is 10.4. The van der Waals surface area contributed by atoms with Gasteiger partial charge in [-0.1, -0.05) is 6.07 Å². The van der Waals surface area contributed by atoms with Gasteiger partial charge in [-0.05, 0) is 24.6 Å². The van der Waals surface area contributed by atoms with Crippen LogP contribution in [-0.2, 0) is 0 Å². The highest BCUT2D eigenvalue weighted by Crippen LogP contribution is 2.25. The molecule has 11 heavy (non-hydrogen) atoms. The molecular formula is C9H9NO. The second kappa shape index (κ2) is 2.02. The summed E-state index contributed by atoms with van der Waals surface area (Å²) in [4.78, 5) is 2.98. The highest BCUT2D eigenvalue weighted by atomic mass is 16.3. The molecule has 0 radical (unpaired) electrons. The third-order valence-corrected chi connectivity index (χ3v) is 1.92. The molecule has 2 heteroatoms. The number of aromatic hydroxyl groups is 1. The molecule has 0 amide bonds. The second-order valence-electron chi connectivity index (χ2n) is 2.67. The standard InChI is InChI=1S/C9H9NO/c1-6-2-3-8(11)9-7(6)4-5-10-9/h2-5,10-11H,1H3. The van der Waals surface area contributed by atoms with E-state index in [2.05, 4.69) is 4.98 Å². The minimum absolute atomic E-state index is 0.315. The van der Waals surface area contributed by atoms with E-state index < -0.39 is 0 Å². The van der Waals surface area contributed by atoms with E-state index in [0.29, 0.717) is 5.75 Å². The zero-order chi connectivity index (χ0) is 7.84. The van der Waals surface area contributed by atoms with Crippen LogP contribution in [-0.4, -0.2) is 10.1 Å². The average Bonchev–Trinajstić information content (AvgIpc) is 2.45. The first-order valence-electron chi connectivity index (χ1n) is 3.54. The maximum absolute atomic E-state index is 9.35. The van der Waals surface area contributed by atoms with Crippen molar-refractivity contribution in [1.82, 2.24) is 4.98 Å². The van der Waals surface area contributed by atoms with Crippen molar-refractivity contribution >= 4 is 10.9 Å². The van der Waals surface area contributed by atoms with E-state index in [-0.39, 0.29) is 0 Å². The number of aromatic amines is 1. The molecule has 0 spiro atoms. The molecule has 2 N–H and O–H groups in total. The summed E-state index contributed by atoms with van der Waals surface area (Å²) in [6.07, 6.45) is 1.83. The Hall–Kier alpha value is -1.44. The fourth-order valence-corrected chi connectivity index (χ4v) is 1.29. The summed E-state index contributed by atoms with van der Waals surface area (Å²) in [6, 6.07) is 5.57. The van der Waals surface area contributed by atoms with E-state index in [0.717, 1.165) is 10.9 Å². The molecule has 0 bridgehead atoms. The van der Waals surface area contributed by atoms with Gasteiger partial charge in [-0.2, -0.15) is 0 Å². The Morgan fingerprint density at radius 2 is 2.09 bits per heavy atom. The number of phenolic OH excluding ortho intramolecular Hbond substituents is 1. The van der Waals surface area contributed by atoms with Crippen molar-refractivity contribution in [3.63, 3.8) is 0 Å². The van der Waals surface area contributed by atoms with Gasteiger partial charge in [0.25, 0.3) is 0 Å². The van der Waals surface area contributed by atoms with Gasteiger partial charge in [0.2, 0.25) is 0 Å². The summed E-state index contributed by atoms with van der Waals surface area (Å²) in [5.41, 5.74) is 2.00. The number of aromatic nitrogens is 1. The highest BCUT2D eigenvalue weighted by Gasteiger charge is 2.01. The lowest BCUT2D eigenvalue weighted by atomic mass is 10.1. The molecule has 0 aliphatic heterocycles. The van der Waals surface area contributed by atoms with Crippen LogP contribution < -0.4 is 0 Å². The van der Waals surface area contributed by atoms with Crippen LogP contribution in [0.4, 0.5) is 0 Å². The van der Waals surface area contributed by atoms with Crippen molar-refractivity contribution in [2.24, 2.45) is 0 Å². The number of phenols is 1. The van der Waals surface area contributed by atoms with Gasteiger partial charge in [-0.25, -0.2) is 0 Å². The van der Waals surface area contributed by atoms with Gasteiger partial charge in [-0.3, -0.25) is 0 Å². The molecule has 0 saturated heterocycles. The molecule has 1 heterocycles. The summed E-state index contributed by atoms with van der Waals surface area (Å²) in [5.74, 6) is 0.315. The summed E-state index contributed by atoms with van der Waals surface area (Å²) in [6.45, 7) is 2.02. The van der Waals surface area contributed by atoms with Crippen LogP contribution in [0, 0.1) is 6.92 Å². The lowest BCUT2D eigenvalue weighted by molar-refractivity contribution is 0.480. The van der Waals surface area contributed by atoms with E-state index in [1.165, 1.54) is 5.56 Å². The van der Waals surface area contributed by atoms with Crippen LogP contribution in [0.5, 0.6) is 5.75 Å². The van der Waals surface area contributed by atoms with Gasteiger partial charge < -0.3 is 10.1 Å². The second-order valence-corrected chi connectivity index (χ2v) is 2.67. The van der Waals surface area contributed by atoms with Crippen molar-refractivity contribution in [1.29, 1.82) is 0 Å². The van der Waals surface area contributed by atoms with Gasteiger partial charge in [0.05, 0.1) is 5.52 Å². The lowest BCUT2D eigenvalue weighted by Crippen LogP contribution is -1.74. The van der Waals surface area contributed by atoms with Crippen LogP contribution in [0.25, 0.3) is 10.9 Å². The Morgan fingerprint density at radius 1 is 1.27 bits per heavy atom. The van der Waals surface area contributed by atoms with Crippen molar-refractivity contribution in [3.05, 3.63) is 30.0 Å². The Kier molecular flexibility index (Phi) is 1.15. The third kappa shape index (κ3) is 0.792. The smallest absolute Gasteiger partial charge is 0.139 e.